The Kier molecular flexibility index (Phi) is 4.77. The maximum absolute atomic E-state index is 11.5. The summed E-state index contributed by atoms with van der Waals surface area (Å²) in [6.07, 6.45) is 0. The fourth-order valence-corrected chi connectivity index (χ4v) is 2.31. The summed E-state index contributed by atoms with van der Waals surface area (Å²) in [5.74, 6) is -0.101. The minimum Gasteiger partial charge on any atom is -0.478 e. The molecule has 0 aliphatic rings. The molecule has 0 fully saturated rings. The highest BCUT2D eigenvalue weighted by molar-refractivity contribution is 5.92. The first-order chi connectivity index (χ1) is 11.7. The number of ether oxygens (including phenoxy) is 2. The van der Waals surface area contributed by atoms with E-state index in [2.05, 4.69) is 0 Å². The molecule has 4 heteroatoms. The van der Waals surface area contributed by atoms with Crippen LogP contribution in [-0.4, -0.2) is 17.9 Å². The van der Waals surface area contributed by atoms with Crippen LogP contribution < -0.4 is 9.47 Å². The lowest BCUT2D eigenvalue weighted by Gasteiger charge is -2.12. The molecule has 3 aromatic rings. The number of benzene rings is 3. The molecule has 0 aliphatic heterocycles. The van der Waals surface area contributed by atoms with E-state index in [1.54, 1.807) is 24.3 Å². The first kappa shape index (κ1) is 15.6. The summed E-state index contributed by atoms with van der Waals surface area (Å²) < 4.78 is 10.9. The summed E-state index contributed by atoms with van der Waals surface area (Å²) >= 11 is 0. The van der Waals surface area contributed by atoms with E-state index >= 15 is 0 Å². The quantitative estimate of drug-likeness (QED) is 0.681. The fraction of sp³-hybridized carbons (Fsp3) is 0.0500. The highest BCUT2D eigenvalue weighted by Gasteiger charge is 2.13. The van der Waals surface area contributed by atoms with Gasteiger partial charge in [0.25, 0.3) is 0 Å². The third kappa shape index (κ3) is 3.73. The van der Waals surface area contributed by atoms with Crippen molar-refractivity contribution in [3.63, 3.8) is 0 Å². The first-order valence-corrected chi connectivity index (χ1v) is 7.47. The molecular formula is C20H16O4. The zero-order valence-electron chi connectivity index (χ0n) is 12.9. The topological polar surface area (TPSA) is 55.8 Å². The number of hydrogen-bond acceptors (Lipinski definition) is 3. The maximum Gasteiger partial charge on any atom is 0.339 e. The van der Waals surface area contributed by atoms with Gasteiger partial charge in [-0.2, -0.15) is 0 Å². The molecule has 0 saturated carbocycles. The van der Waals surface area contributed by atoms with Crippen LogP contribution in [-0.2, 0) is 0 Å². The van der Waals surface area contributed by atoms with Gasteiger partial charge in [-0.25, -0.2) is 4.79 Å². The summed E-state index contributed by atoms with van der Waals surface area (Å²) in [6, 6.07) is 23.9. The van der Waals surface area contributed by atoms with Crippen LogP contribution in [0.1, 0.15) is 10.4 Å². The molecule has 0 unspecified atom stereocenters. The predicted octanol–water partition coefficient (Wildman–Crippen LogP) is 4.47. The van der Waals surface area contributed by atoms with Crippen molar-refractivity contribution in [2.24, 2.45) is 0 Å². The summed E-state index contributed by atoms with van der Waals surface area (Å²) in [4.78, 5) is 11.5. The number of rotatable bonds is 6. The van der Waals surface area contributed by atoms with Crippen molar-refractivity contribution in [3.8, 4) is 22.6 Å². The van der Waals surface area contributed by atoms with Gasteiger partial charge >= 0.3 is 5.97 Å². The molecule has 3 aromatic carbocycles. The van der Waals surface area contributed by atoms with E-state index in [0.29, 0.717) is 5.75 Å². The highest BCUT2D eigenvalue weighted by atomic mass is 16.7. The third-order valence-electron chi connectivity index (χ3n) is 3.50. The minimum absolute atomic E-state index is 0.0605. The molecule has 0 radical (unpaired) electrons. The average Bonchev–Trinajstić information content (AvgIpc) is 2.63. The molecule has 0 atom stereocenters. The van der Waals surface area contributed by atoms with E-state index < -0.39 is 5.97 Å². The molecule has 1 N–H and O–H groups in total. The molecule has 0 aliphatic carbocycles. The Hall–Kier alpha value is -3.27. The van der Waals surface area contributed by atoms with Gasteiger partial charge in [-0.05, 0) is 35.4 Å². The van der Waals surface area contributed by atoms with Gasteiger partial charge < -0.3 is 14.6 Å². The highest BCUT2D eigenvalue weighted by Crippen LogP contribution is 2.27. The first-order valence-electron chi connectivity index (χ1n) is 7.47. The second-order valence-corrected chi connectivity index (χ2v) is 5.10. The van der Waals surface area contributed by atoms with E-state index in [0.717, 1.165) is 11.1 Å². The Bertz CT molecular complexity index is 814. The van der Waals surface area contributed by atoms with Gasteiger partial charge in [0, 0.05) is 0 Å². The van der Waals surface area contributed by atoms with Gasteiger partial charge in [-0.3, -0.25) is 0 Å². The van der Waals surface area contributed by atoms with Gasteiger partial charge in [-0.15, -0.1) is 0 Å². The van der Waals surface area contributed by atoms with Crippen LogP contribution >= 0.6 is 0 Å². The van der Waals surface area contributed by atoms with Gasteiger partial charge in [0.2, 0.25) is 6.79 Å². The second-order valence-electron chi connectivity index (χ2n) is 5.10. The van der Waals surface area contributed by atoms with Gasteiger partial charge in [0.1, 0.15) is 17.1 Å². The zero-order chi connectivity index (χ0) is 16.8. The van der Waals surface area contributed by atoms with E-state index in [9.17, 15) is 9.90 Å². The number of carboxylic acid groups (broad SMARTS) is 1. The van der Waals surface area contributed by atoms with Crippen molar-refractivity contribution in [3.05, 3.63) is 84.4 Å². The van der Waals surface area contributed by atoms with Gasteiger partial charge in [-0.1, -0.05) is 54.6 Å². The van der Waals surface area contributed by atoms with Crippen LogP contribution in [0.4, 0.5) is 0 Å². The standard InChI is InChI=1S/C20H16O4/c21-20(22)18-13-16(15-7-3-1-4-8-15)11-12-19(18)24-14-23-17-9-5-2-6-10-17/h1-13H,14H2,(H,21,22). The SMILES string of the molecule is O=C(O)c1cc(-c2ccccc2)ccc1OCOc1ccccc1. The Morgan fingerprint density at radius 1 is 0.792 bits per heavy atom. The Labute approximate surface area is 139 Å². The molecule has 4 nitrogen and oxygen atoms in total. The predicted molar refractivity (Wildman–Crippen MR) is 91.4 cm³/mol. The Morgan fingerprint density at radius 2 is 1.46 bits per heavy atom. The van der Waals surface area contributed by atoms with Crippen molar-refractivity contribution in [1.29, 1.82) is 0 Å². The molecule has 24 heavy (non-hydrogen) atoms. The second kappa shape index (κ2) is 7.33. The molecule has 0 saturated heterocycles. The van der Waals surface area contributed by atoms with Gasteiger partial charge in [0.05, 0.1) is 0 Å². The van der Waals surface area contributed by atoms with Crippen molar-refractivity contribution in [2.45, 2.75) is 0 Å². The van der Waals surface area contributed by atoms with Gasteiger partial charge in [0.15, 0.2) is 0 Å². The number of carboxylic acids is 1. The Balaban J connectivity index is 1.76. The van der Waals surface area contributed by atoms with Crippen molar-refractivity contribution in [2.75, 3.05) is 6.79 Å². The zero-order valence-corrected chi connectivity index (χ0v) is 12.9. The van der Waals surface area contributed by atoms with Crippen LogP contribution in [0.5, 0.6) is 11.5 Å². The van der Waals surface area contributed by atoms with Crippen molar-refractivity contribution in [1.82, 2.24) is 0 Å². The number of hydrogen-bond donors (Lipinski definition) is 1. The van der Waals surface area contributed by atoms with E-state index in [-0.39, 0.29) is 18.1 Å². The lowest BCUT2D eigenvalue weighted by molar-refractivity contribution is 0.0682. The van der Waals surface area contributed by atoms with Crippen LogP contribution in [0, 0.1) is 0 Å². The van der Waals surface area contributed by atoms with Crippen molar-refractivity contribution >= 4 is 5.97 Å². The summed E-state index contributed by atoms with van der Waals surface area (Å²) in [6.45, 7) is -0.0605. The maximum atomic E-state index is 11.5. The fourth-order valence-electron chi connectivity index (χ4n) is 2.31. The van der Waals surface area contributed by atoms with E-state index in [1.165, 1.54) is 0 Å². The van der Waals surface area contributed by atoms with Crippen LogP contribution in [0.15, 0.2) is 78.9 Å². The lowest BCUT2D eigenvalue weighted by Crippen LogP contribution is -2.09. The molecule has 0 spiro atoms. The third-order valence-corrected chi connectivity index (χ3v) is 3.50. The molecule has 120 valence electrons. The molecule has 0 aromatic heterocycles. The smallest absolute Gasteiger partial charge is 0.339 e. The minimum atomic E-state index is -1.04. The van der Waals surface area contributed by atoms with Crippen LogP contribution in [0.2, 0.25) is 0 Å². The largest absolute Gasteiger partial charge is 0.478 e. The average molecular weight is 320 g/mol. The number of carbonyl (C=O) groups is 1. The van der Waals surface area contributed by atoms with E-state index in [1.807, 2.05) is 54.6 Å². The molecular weight excluding hydrogens is 304 g/mol. The van der Waals surface area contributed by atoms with Crippen LogP contribution in [0.3, 0.4) is 0 Å². The number of para-hydroxylation sites is 1. The molecule has 0 amide bonds. The molecule has 3 rings (SSSR count). The molecule has 0 bridgehead atoms. The van der Waals surface area contributed by atoms with Crippen molar-refractivity contribution < 1.29 is 19.4 Å². The van der Waals surface area contributed by atoms with E-state index in [4.69, 9.17) is 9.47 Å². The van der Waals surface area contributed by atoms with Crippen LogP contribution in [0.25, 0.3) is 11.1 Å². The molecule has 0 heterocycles. The normalized spacial score (nSPS) is 10.2. The number of aromatic carboxylic acids is 1. The monoisotopic (exact) mass is 320 g/mol. The lowest BCUT2D eigenvalue weighted by atomic mass is 10.0. The summed E-state index contributed by atoms with van der Waals surface area (Å²) in [5, 5.41) is 9.43. The Morgan fingerprint density at radius 3 is 2.12 bits per heavy atom. The summed E-state index contributed by atoms with van der Waals surface area (Å²) in [7, 11) is 0. The summed E-state index contributed by atoms with van der Waals surface area (Å²) in [5.41, 5.74) is 1.88.